The van der Waals surface area contributed by atoms with Crippen molar-refractivity contribution in [3.8, 4) is 0 Å². The Hall–Kier alpha value is -0.630. The number of nitrogens with one attached hydrogen (secondary N) is 1. The third kappa shape index (κ3) is 12.4. The third-order valence-electron chi connectivity index (χ3n) is 2.78. The Kier molecular flexibility index (Phi) is 10.1. The SMILES string of the molecule is C=C(C)C(=O)NCCC[N+](C)(C)CCCS(=O)(=O)O.[Cl-]. The molecule has 0 fully saturated rings. The third-order valence-corrected chi connectivity index (χ3v) is 3.58. The van der Waals surface area contributed by atoms with Crippen molar-refractivity contribution in [2.24, 2.45) is 0 Å². The summed E-state index contributed by atoms with van der Waals surface area (Å²) >= 11 is 0. The number of nitrogens with zero attached hydrogens (tertiary/aromatic N) is 1. The van der Waals surface area contributed by atoms with E-state index < -0.39 is 10.1 Å². The molecule has 120 valence electrons. The molecule has 0 saturated carbocycles. The molecule has 0 saturated heterocycles. The zero-order valence-corrected chi connectivity index (χ0v) is 13.9. The van der Waals surface area contributed by atoms with Crippen molar-refractivity contribution in [3.05, 3.63) is 12.2 Å². The van der Waals surface area contributed by atoms with E-state index in [1.54, 1.807) is 6.92 Å². The molecule has 0 aromatic heterocycles. The van der Waals surface area contributed by atoms with E-state index in [0.717, 1.165) is 13.0 Å². The highest BCUT2D eigenvalue weighted by Crippen LogP contribution is 2.02. The van der Waals surface area contributed by atoms with Crippen LogP contribution in [-0.4, -0.2) is 62.8 Å². The second-order valence-electron chi connectivity index (χ2n) is 5.41. The van der Waals surface area contributed by atoms with Crippen molar-refractivity contribution in [1.29, 1.82) is 0 Å². The predicted molar refractivity (Wildman–Crippen MR) is 75.3 cm³/mol. The summed E-state index contributed by atoms with van der Waals surface area (Å²) in [5, 5.41) is 2.75. The van der Waals surface area contributed by atoms with Crippen LogP contribution < -0.4 is 17.7 Å². The van der Waals surface area contributed by atoms with Gasteiger partial charge in [-0.1, -0.05) is 6.58 Å². The van der Waals surface area contributed by atoms with Crippen molar-refractivity contribution in [2.75, 3.05) is 39.5 Å². The van der Waals surface area contributed by atoms with E-state index in [4.69, 9.17) is 4.55 Å². The number of amides is 1. The van der Waals surface area contributed by atoms with Gasteiger partial charge < -0.3 is 22.2 Å². The molecule has 0 heterocycles. The quantitative estimate of drug-likeness (QED) is 0.211. The molecule has 0 radical (unpaired) electrons. The smallest absolute Gasteiger partial charge is 0.265 e. The summed E-state index contributed by atoms with van der Waals surface area (Å²) in [4.78, 5) is 11.2. The lowest BCUT2D eigenvalue weighted by molar-refractivity contribution is -0.890. The van der Waals surface area contributed by atoms with Crippen LogP contribution in [0.3, 0.4) is 0 Å². The van der Waals surface area contributed by atoms with Crippen LogP contribution >= 0.6 is 0 Å². The molecule has 0 spiro atoms. The molecule has 20 heavy (non-hydrogen) atoms. The molecule has 0 aliphatic carbocycles. The van der Waals surface area contributed by atoms with E-state index in [9.17, 15) is 13.2 Å². The molecule has 0 rings (SSSR count). The Bertz CT molecular complexity index is 421. The summed E-state index contributed by atoms with van der Waals surface area (Å²) < 4.78 is 30.5. The number of carbonyl (C=O) groups is 1. The topological polar surface area (TPSA) is 83.5 Å². The lowest BCUT2D eigenvalue weighted by Gasteiger charge is -2.29. The minimum atomic E-state index is -3.87. The number of hydrogen-bond donors (Lipinski definition) is 2. The summed E-state index contributed by atoms with van der Waals surface area (Å²) in [6.45, 7) is 7.26. The maximum absolute atomic E-state index is 11.2. The zero-order valence-electron chi connectivity index (χ0n) is 12.4. The molecule has 0 aliphatic rings. The highest BCUT2D eigenvalue weighted by atomic mass is 35.5. The van der Waals surface area contributed by atoms with Crippen LogP contribution in [0, 0.1) is 0 Å². The van der Waals surface area contributed by atoms with Gasteiger partial charge in [0.15, 0.2) is 0 Å². The Balaban J connectivity index is 0. The molecular weight excluding hydrogens is 304 g/mol. The summed E-state index contributed by atoms with van der Waals surface area (Å²) in [5.41, 5.74) is 0.488. The number of rotatable bonds is 9. The lowest BCUT2D eigenvalue weighted by atomic mass is 10.3. The first-order valence-corrected chi connectivity index (χ1v) is 7.85. The largest absolute Gasteiger partial charge is 1.00 e. The fraction of sp³-hybridized carbons (Fsp3) is 0.750. The molecule has 0 aromatic rings. The Morgan fingerprint density at radius 1 is 1.25 bits per heavy atom. The molecule has 0 atom stereocenters. The summed E-state index contributed by atoms with van der Waals surface area (Å²) in [6.07, 6.45) is 1.22. The molecule has 8 heteroatoms. The normalized spacial score (nSPS) is 11.6. The molecule has 2 N–H and O–H groups in total. The number of hydrogen-bond acceptors (Lipinski definition) is 3. The summed E-state index contributed by atoms with van der Waals surface area (Å²) in [5.74, 6) is -0.349. The van der Waals surface area contributed by atoms with Crippen LogP contribution in [-0.2, 0) is 14.9 Å². The van der Waals surface area contributed by atoms with Gasteiger partial charge in [-0.25, -0.2) is 0 Å². The van der Waals surface area contributed by atoms with Crippen LogP contribution in [0.15, 0.2) is 12.2 Å². The van der Waals surface area contributed by atoms with Crippen LogP contribution in [0.1, 0.15) is 19.8 Å². The van der Waals surface area contributed by atoms with E-state index in [1.807, 2.05) is 14.1 Å². The van der Waals surface area contributed by atoms with Crippen LogP contribution in [0.2, 0.25) is 0 Å². The van der Waals surface area contributed by atoms with E-state index in [2.05, 4.69) is 11.9 Å². The average Bonchev–Trinajstić information content (AvgIpc) is 2.21. The van der Waals surface area contributed by atoms with Gasteiger partial charge >= 0.3 is 0 Å². The fourth-order valence-corrected chi connectivity index (χ4v) is 2.14. The first kappa shape index (κ1) is 21.7. The maximum atomic E-state index is 11.2. The van der Waals surface area contributed by atoms with Gasteiger partial charge in [0, 0.05) is 25.0 Å². The van der Waals surface area contributed by atoms with Gasteiger partial charge in [-0.3, -0.25) is 9.35 Å². The van der Waals surface area contributed by atoms with Gasteiger partial charge in [-0.05, 0) is 6.92 Å². The molecule has 6 nitrogen and oxygen atoms in total. The van der Waals surface area contributed by atoms with Crippen molar-refractivity contribution in [1.82, 2.24) is 5.32 Å². The second-order valence-corrected chi connectivity index (χ2v) is 6.98. The van der Waals surface area contributed by atoms with Gasteiger partial charge in [-0.15, -0.1) is 0 Å². The van der Waals surface area contributed by atoms with E-state index in [-0.39, 0.29) is 24.1 Å². The van der Waals surface area contributed by atoms with Crippen molar-refractivity contribution in [2.45, 2.75) is 19.8 Å². The van der Waals surface area contributed by atoms with Crippen molar-refractivity contribution >= 4 is 16.0 Å². The summed E-state index contributed by atoms with van der Waals surface area (Å²) in [7, 11) is 0.112. The zero-order chi connectivity index (χ0) is 15.1. The van der Waals surface area contributed by atoms with Gasteiger partial charge in [0.1, 0.15) is 0 Å². The van der Waals surface area contributed by atoms with E-state index >= 15 is 0 Å². The van der Waals surface area contributed by atoms with Gasteiger partial charge in [0.05, 0.1) is 32.9 Å². The van der Waals surface area contributed by atoms with Gasteiger partial charge in [0.2, 0.25) is 5.91 Å². The minimum absolute atomic E-state index is 0. The highest BCUT2D eigenvalue weighted by Gasteiger charge is 2.16. The van der Waals surface area contributed by atoms with Crippen LogP contribution in [0.4, 0.5) is 0 Å². The number of quaternary nitrogens is 1. The molecule has 0 unspecified atom stereocenters. The molecule has 0 aliphatic heterocycles. The standard InChI is InChI=1S/C12H24N2O4S.ClH/c1-11(2)12(15)13-7-5-8-14(3,4)9-6-10-19(16,17)18;/h1,5-10H2,2-4H3,(H-,13,15,16,17,18);1H. The number of halogens is 1. The lowest BCUT2D eigenvalue weighted by Crippen LogP contribution is -3.00. The molecule has 0 aromatic carbocycles. The average molecular weight is 329 g/mol. The predicted octanol–water partition coefficient (Wildman–Crippen LogP) is -2.57. The summed E-state index contributed by atoms with van der Waals surface area (Å²) in [6, 6.07) is 0. The first-order valence-electron chi connectivity index (χ1n) is 6.24. The number of carbonyl (C=O) groups excluding carboxylic acids is 1. The van der Waals surface area contributed by atoms with Crippen molar-refractivity contribution in [3.63, 3.8) is 0 Å². The van der Waals surface area contributed by atoms with E-state index in [1.165, 1.54) is 0 Å². The van der Waals surface area contributed by atoms with Gasteiger partial charge in [0.25, 0.3) is 10.1 Å². The minimum Gasteiger partial charge on any atom is -1.00 e. The molecule has 1 amide bonds. The Labute approximate surface area is 128 Å². The van der Waals surface area contributed by atoms with Gasteiger partial charge in [-0.2, -0.15) is 8.42 Å². The van der Waals surface area contributed by atoms with Crippen molar-refractivity contribution < 1.29 is 34.7 Å². The van der Waals surface area contributed by atoms with Crippen LogP contribution in [0.5, 0.6) is 0 Å². The van der Waals surface area contributed by atoms with Crippen LogP contribution in [0.25, 0.3) is 0 Å². The second kappa shape index (κ2) is 9.33. The Morgan fingerprint density at radius 2 is 1.75 bits per heavy atom. The maximum Gasteiger partial charge on any atom is 0.265 e. The van der Waals surface area contributed by atoms with E-state index in [0.29, 0.717) is 29.6 Å². The monoisotopic (exact) mass is 328 g/mol. The molecule has 0 bridgehead atoms. The Morgan fingerprint density at radius 3 is 2.20 bits per heavy atom. The highest BCUT2D eigenvalue weighted by molar-refractivity contribution is 7.85. The first-order chi connectivity index (χ1) is 8.53. The molecular formula is C12H25ClN2O4S. The fourth-order valence-electron chi connectivity index (χ4n) is 1.65.